The van der Waals surface area contributed by atoms with Crippen molar-refractivity contribution >= 4 is 18.0 Å². The van der Waals surface area contributed by atoms with Crippen molar-refractivity contribution in [2.24, 2.45) is 0 Å². The van der Waals surface area contributed by atoms with Gasteiger partial charge < -0.3 is 19.5 Å². The van der Waals surface area contributed by atoms with Crippen LogP contribution < -0.4 is 15.5 Å². The molecule has 0 aromatic heterocycles. The van der Waals surface area contributed by atoms with Gasteiger partial charge in [-0.2, -0.15) is 0 Å². The predicted octanol–water partition coefficient (Wildman–Crippen LogP) is 5.27. The van der Waals surface area contributed by atoms with Gasteiger partial charge in [0.15, 0.2) is 0 Å². The van der Waals surface area contributed by atoms with E-state index in [1.807, 2.05) is 60.7 Å². The molecule has 41 heavy (non-hydrogen) atoms. The summed E-state index contributed by atoms with van der Waals surface area (Å²) in [4.78, 5) is 42.3. The van der Waals surface area contributed by atoms with E-state index in [1.165, 1.54) is 7.11 Å². The number of unbranched alkanes of at least 4 members (excludes halogenated alkanes) is 2. The largest absolute Gasteiger partial charge is 0.497 e. The lowest BCUT2D eigenvalue weighted by molar-refractivity contribution is -0.143. The molecule has 0 saturated heterocycles. The van der Waals surface area contributed by atoms with E-state index in [-0.39, 0.29) is 31.5 Å². The zero-order valence-electron chi connectivity index (χ0n) is 23.4. The monoisotopic (exact) mass is 560 g/mol. The van der Waals surface area contributed by atoms with Crippen molar-refractivity contribution in [1.29, 1.82) is 0 Å². The number of hydrogen-bond acceptors (Lipinski definition) is 7. The normalized spacial score (nSPS) is 12.5. The number of carbonyl (C=O) groups excluding carboxylic acids is 3. The first-order valence-corrected chi connectivity index (χ1v) is 13.7. The highest BCUT2D eigenvalue weighted by Crippen LogP contribution is 2.44. The van der Waals surface area contributed by atoms with Crippen LogP contribution in [0, 0.1) is 0 Å². The van der Waals surface area contributed by atoms with E-state index in [4.69, 9.17) is 19.0 Å². The van der Waals surface area contributed by atoms with Gasteiger partial charge in [-0.3, -0.25) is 9.63 Å². The molecule has 0 fully saturated rings. The Bertz CT molecular complexity index is 1280. The number of nitrogens with one attached hydrogen (secondary N) is 2. The van der Waals surface area contributed by atoms with Crippen molar-refractivity contribution in [3.8, 4) is 16.9 Å². The van der Waals surface area contributed by atoms with Crippen LogP contribution in [0.4, 0.5) is 4.79 Å². The van der Waals surface area contributed by atoms with Crippen molar-refractivity contribution in [2.45, 2.75) is 50.7 Å². The Labute approximate surface area is 240 Å². The fraction of sp³-hybridized carbons (Fsp3) is 0.344. The van der Waals surface area contributed by atoms with Gasteiger partial charge in [0.1, 0.15) is 18.4 Å². The maximum absolute atomic E-state index is 12.7. The maximum atomic E-state index is 12.7. The molecule has 2 N–H and O–H groups in total. The molecule has 0 aliphatic heterocycles. The third-order valence-corrected chi connectivity index (χ3v) is 7.10. The maximum Gasteiger partial charge on any atom is 0.407 e. The summed E-state index contributed by atoms with van der Waals surface area (Å²) in [6, 6.07) is 22.7. The second-order valence-electron chi connectivity index (χ2n) is 9.81. The van der Waals surface area contributed by atoms with E-state index in [9.17, 15) is 14.4 Å². The number of benzene rings is 3. The van der Waals surface area contributed by atoms with Gasteiger partial charge in [0, 0.05) is 12.3 Å². The lowest BCUT2D eigenvalue weighted by Gasteiger charge is -2.18. The Morgan fingerprint density at radius 2 is 1.49 bits per heavy atom. The van der Waals surface area contributed by atoms with E-state index in [2.05, 4.69) is 22.9 Å². The molecule has 3 aromatic carbocycles. The summed E-state index contributed by atoms with van der Waals surface area (Å²) in [7, 11) is 2.88. The van der Waals surface area contributed by atoms with E-state index in [0.29, 0.717) is 25.7 Å². The molecule has 2 amide bonds. The molecule has 0 spiro atoms. The zero-order chi connectivity index (χ0) is 29.0. The fourth-order valence-electron chi connectivity index (χ4n) is 4.96. The quantitative estimate of drug-likeness (QED) is 0.157. The Morgan fingerprint density at radius 3 is 2.12 bits per heavy atom. The molecule has 0 bridgehead atoms. The minimum absolute atomic E-state index is 0.0731. The summed E-state index contributed by atoms with van der Waals surface area (Å²) in [5.74, 6) is -0.0836. The number of rotatable bonds is 14. The summed E-state index contributed by atoms with van der Waals surface area (Å²) < 4.78 is 15.6. The van der Waals surface area contributed by atoms with E-state index < -0.39 is 18.1 Å². The highest BCUT2D eigenvalue weighted by atomic mass is 16.6. The van der Waals surface area contributed by atoms with Crippen LogP contribution in [-0.2, 0) is 30.5 Å². The van der Waals surface area contributed by atoms with E-state index >= 15 is 0 Å². The fourth-order valence-corrected chi connectivity index (χ4v) is 4.96. The zero-order valence-corrected chi connectivity index (χ0v) is 23.4. The summed E-state index contributed by atoms with van der Waals surface area (Å²) in [5, 5.41) is 2.65. The molecule has 1 aliphatic carbocycles. The molecule has 4 rings (SSSR count). The molecular weight excluding hydrogens is 524 g/mol. The van der Waals surface area contributed by atoms with Gasteiger partial charge in [0.2, 0.25) is 5.91 Å². The van der Waals surface area contributed by atoms with Gasteiger partial charge in [-0.1, -0.05) is 73.5 Å². The van der Waals surface area contributed by atoms with Crippen LogP contribution in [0.25, 0.3) is 11.1 Å². The molecular formula is C32H36N2O7. The summed E-state index contributed by atoms with van der Waals surface area (Å²) >= 11 is 0. The third kappa shape index (κ3) is 8.08. The van der Waals surface area contributed by atoms with Gasteiger partial charge in [-0.15, -0.1) is 0 Å². The molecule has 9 nitrogen and oxygen atoms in total. The molecule has 3 aromatic rings. The van der Waals surface area contributed by atoms with Crippen LogP contribution in [0.3, 0.4) is 0 Å². The van der Waals surface area contributed by atoms with Crippen LogP contribution in [0.2, 0.25) is 0 Å². The van der Waals surface area contributed by atoms with Crippen molar-refractivity contribution in [1.82, 2.24) is 10.8 Å². The lowest BCUT2D eigenvalue weighted by atomic mass is 9.98. The van der Waals surface area contributed by atoms with Crippen LogP contribution in [0.1, 0.15) is 54.7 Å². The number of fused-ring (bicyclic) bond motifs is 3. The van der Waals surface area contributed by atoms with Crippen molar-refractivity contribution in [3.63, 3.8) is 0 Å². The Kier molecular flexibility index (Phi) is 10.7. The number of hydrogen-bond donors (Lipinski definition) is 2. The number of esters is 1. The Morgan fingerprint density at radius 1 is 0.829 bits per heavy atom. The predicted molar refractivity (Wildman–Crippen MR) is 153 cm³/mol. The number of alkyl carbamates (subject to hydrolysis) is 1. The minimum atomic E-state index is -0.836. The molecule has 0 radical (unpaired) electrons. The number of ether oxygens (including phenoxy) is 3. The second kappa shape index (κ2) is 14.9. The first kappa shape index (κ1) is 29.6. The topological polar surface area (TPSA) is 112 Å². The van der Waals surface area contributed by atoms with E-state index in [0.717, 1.165) is 33.6 Å². The van der Waals surface area contributed by atoms with Crippen molar-refractivity contribution < 1.29 is 33.4 Å². The number of hydroxylamine groups is 1. The molecule has 1 atom stereocenters. The summed E-state index contributed by atoms with van der Waals surface area (Å²) in [6.07, 6.45) is 1.89. The van der Waals surface area contributed by atoms with E-state index in [1.54, 1.807) is 7.11 Å². The first-order valence-electron chi connectivity index (χ1n) is 13.7. The first-order chi connectivity index (χ1) is 20.0. The summed E-state index contributed by atoms with van der Waals surface area (Å²) in [6.45, 7) is 0.404. The molecule has 0 heterocycles. The molecule has 1 aliphatic rings. The molecule has 0 unspecified atom stereocenters. The van der Waals surface area contributed by atoms with Crippen molar-refractivity contribution in [3.05, 3.63) is 89.5 Å². The number of methoxy groups -OCH3 is 2. The number of amides is 2. The Hall–Kier alpha value is -4.37. The van der Waals surface area contributed by atoms with Gasteiger partial charge in [-0.05, 0) is 52.8 Å². The minimum Gasteiger partial charge on any atom is -0.497 e. The van der Waals surface area contributed by atoms with Crippen LogP contribution in [0.5, 0.6) is 5.75 Å². The van der Waals surface area contributed by atoms with Gasteiger partial charge in [-0.25, -0.2) is 15.1 Å². The molecule has 216 valence electrons. The summed E-state index contributed by atoms with van der Waals surface area (Å²) in [5.41, 5.74) is 7.86. The molecule has 9 heteroatoms. The van der Waals surface area contributed by atoms with Gasteiger partial charge in [0.25, 0.3) is 0 Å². The standard InChI is InChI=1S/C32H36N2O7/c1-38-23-18-16-22(17-19-23)20-41-34-30(35)15-5-3-4-14-29(31(36)39-2)33-32(37)40-21-28-26-12-8-6-10-24(26)25-11-7-9-13-27(25)28/h6-13,16-19,28-29H,3-5,14-15,20-21H2,1-2H3,(H,33,37)(H,34,35)/t29-/m0/s1. The van der Waals surface area contributed by atoms with Crippen LogP contribution in [0.15, 0.2) is 72.8 Å². The lowest BCUT2D eigenvalue weighted by Crippen LogP contribution is -2.42. The van der Waals surface area contributed by atoms with Gasteiger partial charge in [0.05, 0.1) is 20.8 Å². The van der Waals surface area contributed by atoms with Crippen LogP contribution in [-0.4, -0.2) is 44.8 Å². The SMILES string of the molecule is COC(=O)[C@H](CCCCCC(=O)NOCc1ccc(OC)cc1)NC(=O)OCC1c2ccccc2-c2ccccc21. The average molecular weight is 561 g/mol. The third-order valence-electron chi connectivity index (χ3n) is 7.10. The van der Waals surface area contributed by atoms with Crippen LogP contribution >= 0.6 is 0 Å². The van der Waals surface area contributed by atoms with Crippen molar-refractivity contribution in [2.75, 3.05) is 20.8 Å². The van der Waals surface area contributed by atoms with Gasteiger partial charge >= 0.3 is 12.1 Å². The Balaban J connectivity index is 1.16. The number of carbonyl (C=O) groups is 3. The highest BCUT2D eigenvalue weighted by molar-refractivity contribution is 5.82. The average Bonchev–Trinajstić information content (AvgIpc) is 3.32. The second-order valence-corrected chi connectivity index (χ2v) is 9.81. The highest BCUT2D eigenvalue weighted by Gasteiger charge is 2.29. The molecule has 0 saturated carbocycles. The smallest absolute Gasteiger partial charge is 0.407 e.